The summed E-state index contributed by atoms with van der Waals surface area (Å²) >= 11 is 0. The van der Waals surface area contributed by atoms with Gasteiger partial charge in [0.05, 0.1) is 4.90 Å². The van der Waals surface area contributed by atoms with Crippen molar-refractivity contribution in [2.45, 2.75) is 16.2 Å². The number of halogens is 2. The number of carbonyl (C=O) groups is 1. The van der Waals surface area contributed by atoms with Crippen molar-refractivity contribution in [1.82, 2.24) is 13.9 Å². The maximum atomic E-state index is 14.2. The van der Waals surface area contributed by atoms with Gasteiger partial charge in [0.25, 0.3) is 5.91 Å². The number of hydrogen-bond acceptors (Lipinski definition) is 5. The van der Waals surface area contributed by atoms with E-state index in [1.54, 1.807) is 0 Å². The molecule has 178 valence electrons. The molecular weight excluding hydrogens is 476 g/mol. The SMILES string of the molecule is C=CCNS(=O)(=O)c1cc(C(=O)N2CCCN(S(=O)(=O)c3ccc(F)cc3)CC2)ccc1F. The Hall–Kier alpha value is -2.67. The Morgan fingerprint density at radius 1 is 1.00 bits per heavy atom. The van der Waals surface area contributed by atoms with Crippen LogP contribution in [0.5, 0.6) is 0 Å². The predicted molar refractivity (Wildman–Crippen MR) is 117 cm³/mol. The zero-order valence-corrected chi connectivity index (χ0v) is 19.2. The van der Waals surface area contributed by atoms with Gasteiger partial charge < -0.3 is 4.90 Å². The Morgan fingerprint density at radius 2 is 1.70 bits per heavy atom. The van der Waals surface area contributed by atoms with Gasteiger partial charge in [-0.3, -0.25) is 4.79 Å². The zero-order chi connectivity index (χ0) is 24.2. The van der Waals surface area contributed by atoms with Crippen molar-refractivity contribution in [3.8, 4) is 0 Å². The van der Waals surface area contributed by atoms with E-state index in [1.807, 2.05) is 0 Å². The summed E-state index contributed by atoms with van der Waals surface area (Å²) in [5.74, 6) is -2.10. The fraction of sp³-hybridized carbons (Fsp3) is 0.286. The van der Waals surface area contributed by atoms with Crippen molar-refractivity contribution >= 4 is 26.0 Å². The summed E-state index contributed by atoms with van der Waals surface area (Å²) in [4.78, 5) is 13.7. The van der Waals surface area contributed by atoms with Crippen LogP contribution in [-0.4, -0.2) is 64.7 Å². The second-order valence-electron chi connectivity index (χ2n) is 7.29. The van der Waals surface area contributed by atoms with E-state index in [2.05, 4.69) is 11.3 Å². The van der Waals surface area contributed by atoms with Crippen LogP contribution in [0.25, 0.3) is 0 Å². The molecule has 1 heterocycles. The van der Waals surface area contributed by atoms with E-state index >= 15 is 0 Å². The van der Waals surface area contributed by atoms with Crippen LogP contribution in [0.2, 0.25) is 0 Å². The Balaban J connectivity index is 1.78. The average Bonchev–Trinajstić information content (AvgIpc) is 3.05. The minimum Gasteiger partial charge on any atom is -0.337 e. The molecule has 12 heteroatoms. The molecule has 0 aliphatic carbocycles. The molecule has 0 atom stereocenters. The standard InChI is InChI=1S/C21H23F2N3O5S2/c1-2-10-24-32(28,29)20-15-16(4-9-19(20)23)21(27)25-11-3-12-26(14-13-25)33(30,31)18-7-5-17(22)6-8-18/h2,4-9,15,24H,1,3,10-14H2. The van der Waals surface area contributed by atoms with Gasteiger partial charge in [-0.25, -0.2) is 30.3 Å². The van der Waals surface area contributed by atoms with Crippen LogP contribution in [0, 0.1) is 11.6 Å². The number of nitrogens with zero attached hydrogens (tertiary/aromatic N) is 2. The Bertz CT molecular complexity index is 1250. The quantitative estimate of drug-likeness (QED) is 0.587. The molecule has 0 spiro atoms. The van der Waals surface area contributed by atoms with Crippen molar-refractivity contribution in [2.24, 2.45) is 0 Å². The van der Waals surface area contributed by atoms with E-state index < -0.39 is 42.5 Å². The summed E-state index contributed by atoms with van der Waals surface area (Å²) in [5, 5.41) is 0. The van der Waals surface area contributed by atoms with E-state index in [1.165, 1.54) is 33.5 Å². The van der Waals surface area contributed by atoms with E-state index in [9.17, 15) is 30.4 Å². The molecule has 2 aromatic rings. The van der Waals surface area contributed by atoms with Gasteiger partial charge in [0.1, 0.15) is 16.5 Å². The number of carbonyl (C=O) groups excluding carboxylic acids is 1. The van der Waals surface area contributed by atoms with E-state index in [-0.39, 0.29) is 43.2 Å². The Morgan fingerprint density at radius 3 is 2.36 bits per heavy atom. The lowest BCUT2D eigenvalue weighted by Crippen LogP contribution is -2.37. The first-order valence-corrected chi connectivity index (χ1v) is 12.9. The zero-order valence-electron chi connectivity index (χ0n) is 17.6. The number of rotatable bonds is 7. The maximum Gasteiger partial charge on any atom is 0.253 e. The molecule has 0 aromatic heterocycles. The average molecular weight is 500 g/mol. The van der Waals surface area contributed by atoms with Crippen LogP contribution in [0.3, 0.4) is 0 Å². The van der Waals surface area contributed by atoms with E-state index in [0.717, 1.165) is 24.3 Å². The smallest absolute Gasteiger partial charge is 0.253 e. The second kappa shape index (κ2) is 10.1. The molecule has 2 aromatic carbocycles. The molecule has 0 radical (unpaired) electrons. The van der Waals surface area contributed by atoms with Crippen molar-refractivity contribution < 1.29 is 30.4 Å². The summed E-state index contributed by atoms with van der Waals surface area (Å²) < 4.78 is 81.0. The van der Waals surface area contributed by atoms with Gasteiger partial charge in [0, 0.05) is 38.3 Å². The highest BCUT2D eigenvalue weighted by Gasteiger charge is 2.29. The minimum atomic E-state index is -4.19. The second-order valence-corrected chi connectivity index (χ2v) is 11.0. The molecule has 1 N–H and O–H groups in total. The summed E-state index contributed by atoms with van der Waals surface area (Å²) in [6.45, 7) is 3.71. The molecule has 0 saturated carbocycles. The van der Waals surface area contributed by atoms with Gasteiger partial charge in [-0.2, -0.15) is 4.31 Å². The summed E-state index contributed by atoms with van der Waals surface area (Å²) in [6.07, 6.45) is 1.63. The van der Waals surface area contributed by atoms with Crippen LogP contribution < -0.4 is 4.72 Å². The maximum absolute atomic E-state index is 14.2. The minimum absolute atomic E-state index is 0.00130. The summed E-state index contributed by atoms with van der Waals surface area (Å²) in [6, 6.07) is 7.52. The Labute approximate surface area is 191 Å². The van der Waals surface area contributed by atoms with Crippen LogP contribution in [-0.2, 0) is 20.0 Å². The van der Waals surface area contributed by atoms with E-state index in [0.29, 0.717) is 6.42 Å². The van der Waals surface area contributed by atoms with E-state index in [4.69, 9.17) is 0 Å². The highest BCUT2D eigenvalue weighted by molar-refractivity contribution is 7.89. The molecule has 8 nitrogen and oxygen atoms in total. The number of nitrogens with one attached hydrogen (secondary N) is 1. The van der Waals surface area contributed by atoms with Crippen molar-refractivity contribution in [2.75, 3.05) is 32.7 Å². The van der Waals surface area contributed by atoms with Gasteiger partial charge in [-0.1, -0.05) is 6.08 Å². The third-order valence-corrected chi connectivity index (χ3v) is 8.43. The molecule has 3 rings (SSSR count). The number of benzene rings is 2. The molecule has 0 bridgehead atoms. The van der Waals surface area contributed by atoms with Gasteiger partial charge in [-0.05, 0) is 48.9 Å². The van der Waals surface area contributed by atoms with Crippen molar-refractivity contribution in [1.29, 1.82) is 0 Å². The largest absolute Gasteiger partial charge is 0.337 e. The first-order chi connectivity index (χ1) is 15.6. The molecule has 1 saturated heterocycles. The lowest BCUT2D eigenvalue weighted by atomic mass is 10.2. The van der Waals surface area contributed by atoms with Gasteiger partial charge in [0.15, 0.2) is 0 Å². The molecule has 1 fully saturated rings. The Kier molecular flexibility index (Phi) is 7.62. The first kappa shape index (κ1) is 25.0. The fourth-order valence-corrected chi connectivity index (χ4v) is 5.93. The number of hydrogen-bond donors (Lipinski definition) is 1. The summed E-state index contributed by atoms with van der Waals surface area (Å²) in [5.41, 5.74) is -0.0368. The predicted octanol–water partition coefficient (Wildman–Crippen LogP) is 1.97. The highest BCUT2D eigenvalue weighted by Crippen LogP contribution is 2.21. The van der Waals surface area contributed by atoms with Crippen LogP contribution in [0.1, 0.15) is 16.8 Å². The van der Waals surface area contributed by atoms with Crippen molar-refractivity contribution in [3.63, 3.8) is 0 Å². The monoisotopic (exact) mass is 499 g/mol. The highest BCUT2D eigenvalue weighted by atomic mass is 32.2. The molecular formula is C21H23F2N3O5S2. The van der Waals surface area contributed by atoms with Crippen molar-refractivity contribution in [3.05, 3.63) is 72.3 Å². The number of sulfonamides is 2. The molecule has 1 amide bonds. The molecule has 0 unspecified atom stereocenters. The van der Waals surface area contributed by atoms with Crippen LogP contribution >= 0.6 is 0 Å². The van der Waals surface area contributed by atoms with Crippen LogP contribution in [0.15, 0.2) is 64.9 Å². The summed E-state index contributed by atoms with van der Waals surface area (Å²) in [7, 11) is -8.06. The van der Waals surface area contributed by atoms with Gasteiger partial charge in [-0.15, -0.1) is 6.58 Å². The van der Waals surface area contributed by atoms with Crippen LogP contribution in [0.4, 0.5) is 8.78 Å². The first-order valence-electron chi connectivity index (χ1n) is 10.0. The number of amides is 1. The lowest BCUT2D eigenvalue weighted by Gasteiger charge is -2.22. The topological polar surface area (TPSA) is 104 Å². The van der Waals surface area contributed by atoms with Gasteiger partial charge in [0.2, 0.25) is 20.0 Å². The lowest BCUT2D eigenvalue weighted by molar-refractivity contribution is 0.0764. The molecule has 1 aliphatic heterocycles. The fourth-order valence-electron chi connectivity index (χ4n) is 3.36. The third kappa shape index (κ3) is 5.64. The van der Waals surface area contributed by atoms with Gasteiger partial charge >= 0.3 is 0 Å². The normalized spacial score (nSPS) is 15.8. The third-order valence-electron chi connectivity index (χ3n) is 5.08. The molecule has 33 heavy (non-hydrogen) atoms. The molecule has 1 aliphatic rings.